The molecule has 164 valence electrons. The van der Waals surface area contributed by atoms with Gasteiger partial charge in [-0.2, -0.15) is 18.4 Å². The SMILES string of the molecule is CCO[C@H]1C[C@H](S(=O)(=O)c2ccc(Br)cc2C(F)(F)F)C[C@@H]1C(=O)NC1(C#N)CC1. The molecule has 3 atom stereocenters. The lowest BCUT2D eigenvalue weighted by molar-refractivity contribution is -0.140. The van der Waals surface area contributed by atoms with Gasteiger partial charge in [-0.15, -0.1) is 0 Å². The summed E-state index contributed by atoms with van der Waals surface area (Å²) in [6, 6.07) is 4.93. The molecule has 0 radical (unpaired) electrons. The standard InChI is InChI=1S/C19H20BrF3N2O4S/c1-2-29-15-9-12(8-13(15)17(26)25-18(10-24)5-6-18)30(27,28)16-4-3-11(20)7-14(16)19(21,22)23/h3-4,7,12-13,15H,2,5-6,8-9H2,1H3,(H,25,26)/t12-,13+,15+/m1/s1. The highest BCUT2D eigenvalue weighted by Crippen LogP contribution is 2.42. The van der Waals surface area contributed by atoms with E-state index in [2.05, 4.69) is 21.2 Å². The van der Waals surface area contributed by atoms with E-state index < -0.39 is 55.2 Å². The van der Waals surface area contributed by atoms with E-state index in [1.54, 1.807) is 6.92 Å². The number of alkyl halides is 3. The van der Waals surface area contributed by atoms with Gasteiger partial charge in [0.2, 0.25) is 5.91 Å². The van der Waals surface area contributed by atoms with Crippen LogP contribution < -0.4 is 5.32 Å². The molecular formula is C19H20BrF3N2O4S. The van der Waals surface area contributed by atoms with Gasteiger partial charge in [0.05, 0.1) is 33.8 Å². The Morgan fingerprint density at radius 2 is 2.03 bits per heavy atom. The molecule has 0 spiro atoms. The Balaban J connectivity index is 1.90. The lowest BCUT2D eigenvalue weighted by Gasteiger charge is -2.20. The number of halogens is 4. The molecule has 0 aromatic heterocycles. The molecule has 0 aliphatic heterocycles. The summed E-state index contributed by atoms with van der Waals surface area (Å²) in [5.41, 5.74) is -2.18. The summed E-state index contributed by atoms with van der Waals surface area (Å²) in [6.45, 7) is 1.90. The van der Waals surface area contributed by atoms with Crippen LogP contribution in [0.1, 0.15) is 38.2 Å². The minimum absolute atomic E-state index is 0.0961. The fourth-order valence-corrected chi connectivity index (χ4v) is 6.11. The molecule has 1 amide bonds. The second-order valence-electron chi connectivity index (χ2n) is 7.56. The van der Waals surface area contributed by atoms with Crippen molar-refractivity contribution in [2.45, 2.75) is 60.6 Å². The van der Waals surface area contributed by atoms with Crippen molar-refractivity contribution in [3.05, 3.63) is 28.2 Å². The van der Waals surface area contributed by atoms with Crippen LogP contribution in [0.5, 0.6) is 0 Å². The number of carbonyl (C=O) groups excluding carboxylic acids is 1. The smallest absolute Gasteiger partial charge is 0.378 e. The molecule has 3 rings (SSSR count). The predicted octanol–water partition coefficient (Wildman–Crippen LogP) is 3.60. The van der Waals surface area contributed by atoms with E-state index in [9.17, 15) is 31.6 Å². The minimum atomic E-state index is -4.86. The highest BCUT2D eigenvalue weighted by Gasteiger charge is 2.51. The molecule has 2 saturated carbocycles. The first-order valence-corrected chi connectivity index (χ1v) is 11.7. The summed E-state index contributed by atoms with van der Waals surface area (Å²) >= 11 is 2.94. The van der Waals surface area contributed by atoms with Gasteiger partial charge in [0.1, 0.15) is 5.54 Å². The van der Waals surface area contributed by atoms with Crippen LogP contribution in [-0.2, 0) is 25.5 Å². The maximum absolute atomic E-state index is 13.5. The van der Waals surface area contributed by atoms with Crippen LogP contribution in [0, 0.1) is 17.2 Å². The fourth-order valence-electron chi connectivity index (χ4n) is 3.75. The molecule has 1 aromatic rings. The maximum atomic E-state index is 13.5. The predicted molar refractivity (Wildman–Crippen MR) is 104 cm³/mol. The minimum Gasteiger partial charge on any atom is -0.378 e. The maximum Gasteiger partial charge on any atom is 0.417 e. The number of benzene rings is 1. The summed E-state index contributed by atoms with van der Waals surface area (Å²) in [6.07, 6.45) is -4.86. The van der Waals surface area contributed by atoms with Gasteiger partial charge in [-0.3, -0.25) is 4.79 Å². The van der Waals surface area contributed by atoms with E-state index in [0.29, 0.717) is 12.8 Å². The van der Waals surface area contributed by atoms with Gasteiger partial charge in [-0.1, -0.05) is 15.9 Å². The van der Waals surface area contributed by atoms with Crippen molar-refractivity contribution in [1.82, 2.24) is 5.32 Å². The first-order chi connectivity index (χ1) is 13.9. The third-order valence-electron chi connectivity index (χ3n) is 5.50. The van der Waals surface area contributed by atoms with Crippen LogP contribution in [0.4, 0.5) is 13.2 Å². The Morgan fingerprint density at radius 3 is 2.57 bits per heavy atom. The third kappa shape index (κ3) is 4.50. The molecular weight excluding hydrogens is 489 g/mol. The van der Waals surface area contributed by atoms with Crippen LogP contribution in [0.15, 0.2) is 27.6 Å². The van der Waals surface area contributed by atoms with Gasteiger partial charge < -0.3 is 10.1 Å². The van der Waals surface area contributed by atoms with Crippen LogP contribution in [-0.4, -0.2) is 37.8 Å². The zero-order chi connectivity index (χ0) is 22.3. The van der Waals surface area contributed by atoms with E-state index in [-0.39, 0.29) is 23.9 Å². The zero-order valence-corrected chi connectivity index (χ0v) is 18.4. The van der Waals surface area contributed by atoms with Gasteiger partial charge in [0.25, 0.3) is 0 Å². The molecule has 0 saturated heterocycles. The van der Waals surface area contributed by atoms with Crippen molar-refractivity contribution >= 4 is 31.7 Å². The molecule has 30 heavy (non-hydrogen) atoms. The first kappa shape index (κ1) is 23.0. The highest BCUT2D eigenvalue weighted by atomic mass is 79.9. The number of amides is 1. The summed E-state index contributed by atoms with van der Waals surface area (Å²) in [5.74, 6) is -1.36. The monoisotopic (exact) mass is 508 g/mol. The van der Waals surface area contributed by atoms with Crippen molar-refractivity contribution in [2.75, 3.05) is 6.61 Å². The molecule has 2 fully saturated rings. The van der Waals surface area contributed by atoms with E-state index in [1.807, 2.05) is 6.07 Å². The van der Waals surface area contributed by atoms with Crippen molar-refractivity contribution in [1.29, 1.82) is 5.26 Å². The Hall–Kier alpha value is -1.64. The van der Waals surface area contributed by atoms with Gasteiger partial charge in [0, 0.05) is 11.1 Å². The van der Waals surface area contributed by atoms with Gasteiger partial charge in [-0.05, 0) is 50.8 Å². The van der Waals surface area contributed by atoms with Crippen LogP contribution in [0.2, 0.25) is 0 Å². The molecule has 0 heterocycles. The average molecular weight is 509 g/mol. The van der Waals surface area contributed by atoms with Gasteiger partial charge in [-0.25, -0.2) is 8.42 Å². The quantitative estimate of drug-likeness (QED) is 0.633. The number of ether oxygens (including phenoxy) is 1. The topological polar surface area (TPSA) is 96.3 Å². The number of nitrogens with one attached hydrogen (secondary N) is 1. The summed E-state index contributed by atoms with van der Waals surface area (Å²) in [5, 5.41) is 10.6. The molecule has 11 heteroatoms. The number of rotatable bonds is 6. The highest BCUT2D eigenvalue weighted by molar-refractivity contribution is 9.10. The molecule has 1 aromatic carbocycles. The number of hydrogen-bond donors (Lipinski definition) is 1. The zero-order valence-electron chi connectivity index (χ0n) is 16.0. The largest absolute Gasteiger partial charge is 0.417 e. The number of hydrogen-bond acceptors (Lipinski definition) is 5. The second-order valence-corrected chi connectivity index (χ2v) is 10.7. The van der Waals surface area contributed by atoms with E-state index in [0.717, 1.165) is 12.1 Å². The van der Waals surface area contributed by atoms with Crippen LogP contribution >= 0.6 is 15.9 Å². The van der Waals surface area contributed by atoms with Crippen molar-refractivity contribution in [2.24, 2.45) is 5.92 Å². The molecule has 0 bridgehead atoms. The Kier molecular flexibility index (Phi) is 6.24. The molecule has 0 unspecified atom stereocenters. The number of nitrogens with zero attached hydrogens (tertiary/aromatic N) is 1. The average Bonchev–Trinajstić information content (AvgIpc) is 3.29. The lowest BCUT2D eigenvalue weighted by atomic mass is 10.0. The molecule has 2 aliphatic carbocycles. The molecule has 6 nitrogen and oxygen atoms in total. The van der Waals surface area contributed by atoms with Crippen molar-refractivity contribution in [3.8, 4) is 6.07 Å². The summed E-state index contributed by atoms with van der Waals surface area (Å²) < 4.78 is 72.3. The third-order valence-corrected chi connectivity index (χ3v) is 8.22. The van der Waals surface area contributed by atoms with E-state index in [4.69, 9.17) is 4.74 Å². The van der Waals surface area contributed by atoms with Gasteiger partial charge in [0.15, 0.2) is 9.84 Å². The van der Waals surface area contributed by atoms with Gasteiger partial charge >= 0.3 is 6.18 Å². The normalized spacial score (nSPS) is 25.5. The van der Waals surface area contributed by atoms with Crippen molar-refractivity contribution in [3.63, 3.8) is 0 Å². The first-order valence-electron chi connectivity index (χ1n) is 9.39. The van der Waals surface area contributed by atoms with Crippen molar-refractivity contribution < 1.29 is 31.1 Å². The van der Waals surface area contributed by atoms with Crippen LogP contribution in [0.3, 0.4) is 0 Å². The fraction of sp³-hybridized carbons (Fsp3) is 0.579. The lowest BCUT2D eigenvalue weighted by Crippen LogP contribution is -2.42. The summed E-state index contributed by atoms with van der Waals surface area (Å²) in [4.78, 5) is 11.9. The Morgan fingerprint density at radius 1 is 1.37 bits per heavy atom. The molecule has 1 N–H and O–H groups in total. The van der Waals surface area contributed by atoms with Crippen LogP contribution in [0.25, 0.3) is 0 Å². The van der Waals surface area contributed by atoms with E-state index >= 15 is 0 Å². The molecule has 2 aliphatic rings. The number of carbonyl (C=O) groups is 1. The van der Waals surface area contributed by atoms with E-state index in [1.165, 1.54) is 6.07 Å². The Labute approximate surface area is 180 Å². The summed E-state index contributed by atoms with van der Waals surface area (Å²) in [7, 11) is -4.39. The number of sulfone groups is 1. The number of nitriles is 1. The Bertz CT molecular complexity index is 986. The second kappa shape index (κ2) is 8.13.